The Kier molecular flexibility index (Phi) is 10.2. The second kappa shape index (κ2) is 13.0. The van der Waals surface area contributed by atoms with Gasteiger partial charge in [-0.25, -0.2) is 12.7 Å². The lowest BCUT2D eigenvalue weighted by Crippen LogP contribution is -2.60. The van der Waals surface area contributed by atoms with Gasteiger partial charge in [0.2, 0.25) is 15.9 Å². The lowest BCUT2D eigenvalue weighted by Gasteiger charge is -2.53. The van der Waals surface area contributed by atoms with Crippen molar-refractivity contribution in [2.24, 2.45) is 5.41 Å². The Morgan fingerprint density at radius 3 is 2.31 bits per heavy atom. The molecule has 12 heteroatoms. The second-order valence-corrected chi connectivity index (χ2v) is 16.2. The standard InChI is InChI=1S/C30H38Cl2N2O6S2/c1-5-16-30(20-40-41(4,36)37)18-27(22-8-7-9-24(32)17-22)28(21-10-12-23(31)13-11-21)34(29(30)35)25(6-2)19-33(3)42(38,39)26-14-15-26/h5,7-13,17,25-28H,1,6,14-16,18-20H2,2-4H3/t25?,27-,28-,30+/m1/s1. The Labute approximate surface area is 259 Å². The van der Waals surface area contributed by atoms with Gasteiger partial charge in [0.25, 0.3) is 10.1 Å². The van der Waals surface area contributed by atoms with E-state index in [-0.39, 0.29) is 37.8 Å². The molecular weight excluding hydrogens is 619 g/mol. The lowest BCUT2D eigenvalue weighted by atomic mass is 9.66. The van der Waals surface area contributed by atoms with Crippen molar-refractivity contribution in [1.82, 2.24) is 9.21 Å². The van der Waals surface area contributed by atoms with Gasteiger partial charge in [-0.2, -0.15) is 8.42 Å². The minimum absolute atomic E-state index is 0.0878. The zero-order valence-corrected chi connectivity index (χ0v) is 27.2. The molecule has 1 unspecified atom stereocenters. The highest BCUT2D eigenvalue weighted by Crippen LogP contribution is 2.53. The highest BCUT2D eigenvalue weighted by molar-refractivity contribution is 7.90. The van der Waals surface area contributed by atoms with E-state index in [9.17, 15) is 21.6 Å². The molecule has 4 atom stereocenters. The number of sulfonamides is 1. The first-order valence-corrected chi connectivity index (χ1v) is 18.0. The second-order valence-electron chi connectivity index (χ2n) is 11.4. The maximum atomic E-state index is 14.8. The van der Waals surface area contributed by atoms with E-state index in [1.54, 1.807) is 36.2 Å². The average molecular weight is 658 g/mol. The van der Waals surface area contributed by atoms with Gasteiger partial charge in [0.15, 0.2) is 0 Å². The molecule has 1 amide bonds. The van der Waals surface area contributed by atoms with Crippen molar-refractivity contribution in [2.45, 2.75) is 62.3 Å². The fourth-order valence-corrected chi connectivity index (χ4v) is 8.36. The normalized spacial score (nSPS) is 24.1. The van der Waals surface area contributed by atoms with E-state index in [1.807, 2.05) is 37.3 Å². The molecule has 1 heterocycles. The van der Waals surface area contributed by atoms with E-state index in [2.05, 4.69) is 6.58 Å². The SMILES string of the molecule is C=CC[C@@]1(COS(C)(=O)=O)C[C@H](c2cccc(Cl)c2)[C@@H](c2ccc(Cl)cc2)N(C(CC)CN(C)S(=O)(=O)C2CC2)C1=O. The molecule has 230 valence electrons. The average Bonchev–Trinajstić information content (AvgIpc) is 3.78. The van der Waals surface area contributed by atoms with Crippen LogP contribution in [0.25, 0.3) is 0 Å². The molecule has 0 aromatic heterocycles. The van der Waals surface area contributed by atoms with Crippen LogP contribution in [0.2, 0.25) is 10.0 Å². The number of piperidine rings is 1. The van der Waals surface area contributed by atoms with Gasteiger partial charge in [-0.3, -0.25) is 8.98 Å². The smallest absolute Gasteiger partial charge is 0.264 e. The third kappa shape index (κ3) is 7.22. The first-order chi connectivity index (χ1) is 19.7. The Morgan fingerprint density at radius 1 is 1.10 bits per heavy atom. The molecule has 8 nitrogen and oxygen atoms in total. The van der Waals surface area contributed by atoms with Crippen LogP contribution >= 0.6 is 23.2 Å². The molecular formula is C30H38Cl2N2O6S2. The molecule has 0 spiro atoms. The van der Waals surface area contributed by atoms with Crippen molar-refractivity contribution < 1.29 is 25.8 Å². The predicted molar refractivity (Wildman–Crippen MR) is 167 cm³/mol. The third-order valence-corrected chi connectivity index (χ3v) is 11.6. The summed E-state index contributed by atoms with van der Waals surface area (Å²) in [6.07, 6.45) is 4.68. The summed E-state index contributed by atoms with van der Waals surface area (Å²) in [5.74, 6) is -0.654. The Bertz CT molecular complexity index is 1510. The van der Waals surface area contributed by atoms with Gasteiger partial charge in [-0.15, -0.1) is 6.58 Å². The van der Waals surface area contributed by atoms with Crippen LogP contribution in [-0.4, -0.2) is 69.7 Å². The predicted octanol–water partition coefficient (Wildman–Crippen LogP) is 5.79. The Balaban J connectivity index is 1.91. The van der Waals surface area contributed by atoms with Crippen molar-refractivity contribution >= 4 is 49.3 Å². The van der Waals surface area contributed by atoms with Crippen LogP contribution in [0, 0.1) is 5.41 Å². The Morgan fingerprint density at radius 2 is 1.76 bits per heavy atom. The molecule has 2 aromatic rings. The zero-order chi connectivity index (χ0) is 30.9. The topological polar surface area (TPSA) is 101 Å². The molecule has 0 N–H and O–H groups in total. The van der Waals surface area contributed by atoms with E-state index >= 15 is 0 Å². The Hall–Kier alpha value is -1.95. The fraction of sp³-hybridized carbons (Fsp3) is 0.500. The minimum atomic E-state index is -3.88. The summed E-state index contributed by atoms with van der Waals surface area (Å²) in [6.45, 7) is 5.51. The third-order valence-electron chi connectivity index (χ3n) is 8.26. The molecule has 42 heavy (non-hydrogen) atoms. The van der Waals surface area contributed by atoms with E-state index in [4.69, 9.17) is 27.4 Å². The molecule has 4 rings (SSSR count). The number of hydrogen-bond donors (Lipinski definition) is 0. The molecule has 1 saturated heterocycles. The van der Waals surface area contributed by atoms with Gasteiger partial charge in [-0.05, 0) is 67.5 Å². The van der Waals surface area contributed by atoms with Crippen LogP contribution in [0.5, 0.6) is 0 Å². The van der Waals surface area contributed by atoms with Gasteiger partial charge in [-0.1, -0.05) is 60.5 Å². The maximum absolute atomic E-state index is 14.8. The summed E-state index contributed by atoms with van der Waals surface area (Å²) in [5.41, 5.74) is 0.406. The number of carbonyl (C=O) groups excluding carboxylic acids is 1. The van der Waals surface area contributed by atoms with Crippen LogP contribution in [0.15, 0.2) is 61.2 Å². The summed E-state index contributed by atoms with van der Waals surface area (Å²) in [4.78, 5) is 16.6. The monoisotopic (exact) mass is 656 g/mol. The summed E-state index contributed by atoms with van der Waals surface area (Å²) in [6, 6.07) is 13.6. The number of hydrogen-bond acceptors (Lipinski definition) is 6. The lowest BCUT2D eigenvalue weighted by molar-refractivity contribution is -0.158. The molecule has 1 aliphatic heterocycles. The number of nitrogens with zero attached hydrogens (tertiary/aromatic N) is 2. The molecule has 1 aliphatic carbocycles. The number of amides is 1. The van der Waals surface area contributed by atoms with E-state index < -0.39 is 42.9 Å². The number of halogens is 2. The first kappa shape index (κ1) is 33.0. The van der Waals surface area contributed by atoms with Crippen LogP contribution in [0.3, 0.4) is 0 Å². The fourth-order valence-electron chi connectivity index (χ4n) is 5.98. The summed E-state index contributed by atoms with van der Waals surface area (Å²) in [5, 5.41) is 0.665. The molecule has 2 aromatic carbocycles. The zero-order valence-electron chi connectivity index (χ0n) is 24.1. The number of carbonyl (C=O) groups is 1. The largest absolute Gasteiger partial charge is 0.330 e. The van der Waals surface area contributed by atoms with Crippen LogP contribution in [0.4, 0.5) is 0 Å². The molecule has 0 radical (unpaired) electrons. The number of likely N-dealkylation sites (tertiary alicyclic amines) is 1. The molecule has 2 aliphatic rings. The van der Waals surface area contributed by atoms with Crippen molar-refractivity contribution in [2.75, 3.05) is 26.5 Å². The summed E-state index contributed by atoms with van der Waals surface area (Å²) in [7, 11) is -5.83. The number of allylic oxidation sites excluding steroid dienone is 1. The van der Waals surface area contributed by atoms with Crippen molar-refractivity contribution in [3.05, 3.63) is 82.4 Å². The maximum Gasteiger partial charge on any atom is 0.264 e. The van der Waals surface area contributed by atoms with E-state index in [0.717, 1.165) is 17.4 Å². The van der Waals surface area contributed by atoms with Crippen molar-refractivity contribution in [3.63, 3.8) is 0 Å². The minimum Gasteiger partial charge on any atom is -0.330 e. The number of likely N-dealkylation sites (N-methyl/N-ethyl adjacent to an activating group) is 1. The van der Waals surface area contributed by atoms with Gasteiger partial charge in [0.05, 0.1) is 29.6 Å². The van der Waals surface area contributed by atoms with Gasteiger partial charge >= 0.3 is 0 Å². The summed E-state index contributed by atoms with van der Waals surface area (Å²) < 4.78 is 57.3. The summed E-state index contributed by atoms with van der Waals surface area (Å²) >= 11 is 12.7. The molecule has 2 fully saturated rings. The van der Waals surface area contributed by atoms with Crippen molar-refractivity contribution in [3.8, 4) is 0 Å². The highest BCUT2D eigenvalue weighted by Gasteiger charge is 2.54. The number of rotatable bonds is 13. The van der Waals surface area contributed by atoms with Crippen molar-refractivity contribution in [1.29, 1.82) is 0 Å². The van der Waals surface area contributed by atoms with Gasteiger partial charge in [0.1, 0.15) is 0 Å². The van der Waals surface area contributed by atoms with Gasteiger partial charge < -0.3 is 4.90 Å². The number of benzene rings is 2. The quantitative estimate of drug-likeness (QED) is 0.200. The molecule has 0 bridgehead atoms. The first-order valence-electron chi connectivity index (χ1n) is 14.0. The van der Waals surface area contributed by atoms with E-state index in [0.29, 0.717) is 29.3 Å². The highest BCUT2D eigenvalue weighted by atomic mass is 35.5. The van der Waals surface area contributed by atoms with Gasteiger partial charge in [0, 0.05) is 35.6 Å². The van der Waals surface area contributed by atoms with Crippen LogP contribution in [0.1, 0.15) is 62.1 Å². The van der Waals surface area contributed by atoms with E-state index in [1.165, 1.54) is 4.31 Å². The van der Waals surface area contributed by atoms with Crippen LogP contribution < -0.4 is 0 Å². The van der Waals surface area contributed by atoms with Crippen LogP contribution in [-0.2, 0) is 29.1 Å². The molecule has 1 saturated carbocycles.